The van der Waals surface area contributed by atoms with E-state index in [1.165, 1.54) is 30.0 Å². The zero-order valence-electron chi connectivity index (χ0n) is 15.8. The Labute approximate surface area is 175 Å². The number of carbonyl (C=O) groups excluding carboxylic acids is 1. The van der Waals surface area contributed by atoms with Crippen LogP contribution >= 0.6 is 11.8 Å². The Hall–Kier alpha value is -3.14. The largest absolute Gasteiger partial charge is 0.573 e. The normalized spacial score (nSPS) is 11.2. The molecule has 10 heteroatoms. The summed E-state index contributed by atoms with van der Waals surface area (Å²) in [6.45, 7) is -0.0848. The Kier molecular flexibility index (Phi) is 6.88. The van der Waals surface area contributed by atoms with Gasteiger partial charge in [0.25, 0.3) is 0 Å². The van der Waals surface area contributed by atoms with Crippen molar-refractivity contribution in [3.8, 4) is 17.2 Å². The maximum absolute atomic E-state index is 12.5. The minimum Gasteiger partial charge on any atom is -0.497 e. The van der Waals surface area contributed by atoms with Gasteiger partial charge in [-0.2, -0.15) is 0 Å². The topological polar surface area (TPSA) is 65.4 Å². The van der Waals surface area contributed by atoms with Crippen molar-refractivity contribution in [3.63, 3.8) is 0 Å². The maximum atomic E-state index is 12.5. The lowest BCUT2D eigenvalue weighted by atomic mass is 10.2. The van der Waals surface area contributed by atoms with Crippen LogP contribution in [0.15, 0.2) is 66.1 Å². The van der Waals surface area contributed by atoms with Crippen LogP contribution in [0.25, 0.3) is 5.69 Å². The van der Waals surface area contributed by atoms with Crippen molar-refractivity contribution in [2.24, 2.45) is 0 Å². The van der Waals surface area contributed by atoms with Crippen molar-refractivity contribution in [1.29, 1.82) is 0 Å². The third-order valence-electron chi connectivity index (χ3n) is 3.96. The molecule has 0 aliphatic heterocycles. The molecule has 0 radical (unpaired) electrons. The number of halogens is 3. The average Bonchev–Trinajstić information content (AvgIpc) is 3.19. The molecule has 30 heavy (non-hydrogen) atoms. The van der Waals surface area contributed by atoms with Crippen LogP contribution in [0.4, 0.5) is 13.2 Å². The molecule has 3 aromatic rings. The SMILES string of the molecule is COc1ccc(-n2ccnc2SCC(=O)NCc2ccccc2OC(F)(F)F)cc1. The summed E-state index contributed by atoms with van der Waals surface area (Å²) in [4.78, 5) is 16.4. The third kappa shape index (κ3) is 5.93. The van der Waals surface area contributed by atoms with Gasteiger partial charge in [-0.05, 0) is 30.3 Å². The Morgan fingerprint density at radius 2 is 1.90 bits per heavy atom. The van der Waals surface area contributed by atoms with Gasteiger partial charge in [-0.3, -0.25) is 9.36 Å². The van der Waals surface area contributed by atoms with Gasteiger partial charge < -0.3 is 14.8 Å². The highest BCUT2D eigenvalue weighted by molar-refractivity contribution is 7.99. The molecule has 1 amide bonds. The fraction of sp³-hybridized carbons (Fsp3) is 0.200. The van der Waals surface area contributed by atoms with Crippen LogP contribution in [0.1, 0.15) is 5.56 Å². The molecule has 0 spiro atoms. The molecule has 0 aliphatic rings. The van der Waals surface area contributed by atoms with Crippen LogP contribution in [-0.4, -0.2) is 34.7 Å². The molecular formula is C20H18F3N3O3S. The number of aromatic nitrogens is 2. The molecule has 0 fully saturated rings. The molecule has 1 heterocycles. The lowest BCUT2D eigenvalue weighted by Gasteiger charge is -2.13. The van der Waals surface area contributed by atoms with Crippen molar-refractivity contribution in [1.82, 2.24) is 14.9 Å². The lowest BCUT2D eigenvalue weighted by molar-refractivity contribution is -0.274. The van der Waals surface area contributed by atoms with Crippen LogP contribution < -0.4 is 14.8 Å². The summed E-state index contributed by atoms with van der Waals surface area (Å²) in [5, 5.41) is 3.21. The quantitative estimate of drug-likeness (QED) is 0.536. The number of ether oxygens (including phenoxy) is 2. The highest BCUT2D eigenvalue weighted by atomic mass is 32.2. The summed E-state index contributed by atoms with van der Waals surface area (Å²) in [6, 6.07) is 13.0. The Bertz CT molecular complexity index is 991. The molecule has 1 aromatic heterocycles. The summed E-state index contributed by atoms with van der Waals surface area (Å²) in [5.41, 5.74) is 1.09. The average molecular weight is 437 g/mol. The minimum atomic E-state index is -4.80. The van der Waals surface area contributed by atoms with Crippen LogP contribution in [0, 0.1) is 0 Å². The molecule has 0 bridgehead atoms. The number of carbonyl (C=O) groups is 1. The van der Waals surface area contributed by atoms with Gasteiger partial charge >= 0.3 is 6.36 Å². The zero-order chi connectivity index (χ0) is 21.6. The van der Waals surface area contributed by atoms with E-state index in [1.807, 2.05) is 28.8 Å². The van der Waals surface area contributed by atoms with E-state index < -0.39 is 6.36 Å². The molecule has 0 saturated heterocycles. The molecule has 1 N–H and O–H groups in total. The highest BCUT2D eigenvalue weighted by Crippen LogP contribution is 2.26. The van der Waals surface area contributed by atoms with Gasteiger partial charge in [0.15, 0.2) is 5.16 Å². The number of alkyl halides is 3. The number of para-hydroxylation sites is 1. The molecule has 0 unspecified atom stereocenters. The van der Waals surface area contributed by atoms with Gasteiger partial charge in [0.2, 0.25) is 5.91 Å². The van der Waals surface area contributed by atoms with Crippen molar-refractivity contribution >= 4 is 17.7 Å². The molecule has 0 saturated carbocycles. The van der Waals surface area contributed by atoms with Crippen LogP contribution in [-0.2, 0) is 11.3 Å². The first kappa shape index (κ1) is 21.6. The van der Waals surface area contributed by atoms with Crippen molar-refractivity contribution in [2.75, 3.05) is 12.9 Å². The summed E-state index contributed by atoms with van der Waals surface area (Å²) in [6.07, 6.45) is -1.41. The predicted octanol–water partition coefficient (Wildman–Crippen LogP) is 4.19. The number of imidazole rings is 1. The Balaban J connectivity index is 1.57. The number of thioether (sulfide) groups is 1. The summed E-state index contributed by atoms with van der Waals surface area (Å²) in [7, 11) is 1.58. The number of hydrogen-bond acceptors (Lipinski definition) is 5. The fourth-order valence-corrected chi connectivity index (χ4v) is 3.39. The van der Waals surface area contributed by atoms with Crippen molar-refractivity contribution in [3.05, 3.63) is 66.5 Å². The van der Waals surface area contributed by atoms with Crippen molar-refractivity contribution < 1.29 is 27.4 Å². The molecule has 0 atom stereocenters. The van der Waals surface area contributed by atoms with Crippen LogP contribution in [0.5, 0.6) is 11.5 Å². The van der Waals surface area contributed by atoms with Gasteiger partial charge in [0.05, 0.1) is 12.9 Å². The number of nitrogens with one attached hydrogen (secondary N) is 1. The van der Waals surface area contributed by atoms with Gasteiger partial charge in [0, 0.05) is 30.2 Å². The van der Waals surface area contributed by atoms with Gasteiger partial charge in [-0.15, -0.1) is 13.2 Å². The maximum Gasteiger partial charge on any atom is 0.573 e. The first-order chi connectivity index (χ1) is 14.4. The van der Waals surface area contributed by atoms with E-state index in [0.29, 0.717) is 5.16 Å². The molecular weight excluding hydrogens is 419 g/mol. The van der Waals surface area contributed by atoms with Crippen LogP contribution in [0.3, 0.4) is 0 Å². The number of hydrogen-bond donors (Lipinski definition) is 1. The van der Waals surface area contributed by atoms with E-state index in [0.717, 1.165) is 11.4 Å². The molecule has 6 nitrogen and oxygen atoms in total. The van der Waals surface area contributed by atoms with E-state index in [4.69, 9.17) is 4.74 Å². The Morgan fingerprint density at radius 1 is 1.17 bits per heavy atom. The van der Waals surface area contributed by atoms with E-state index >= 15 is 0 Å². The summed E-state index contributed by atoms with van der Waals surface area (Å²) < 4.78 is 48.4. The minimum absolute atomic E-state index is 0.0511. The molecule has 0 aliphatic carbocycles. The second kappa shape index (κ2) is 9.57. The van der Waals surface area contributed by atoms with Gasteiger partial charge in [-0.1, -0.05) is 30.0 Å². The third-order valence-corrected chi connectivity index (χ3v) is 4.93. The standard InChI is InChI=1S/C20H18F3N3O3S/c1-28-16-8-6-15(7-9-16)26-11-10-24-19(26)30-13-18(27)25-12-14-4-2-3-5-17(14)29-20(21,22)23/h2-11H,12-13H2,1H3,(H,25,27). The lowest BCUT2D eigenvalue weighted by Crippen LogP contribution is -2.26. The second-order valence-electron chi connectivity index (χ2n) is 6.00. The molecule has 3 rings (SSSR count). The van der Waals surface area contributed by atoms with Gasteiger partial charge in [-0.25, -0.2) is 4.98 Å². The first-order valence-electron chi connectivity index (χ1n) is 8.76. The van der Waals surface area contributed by atoms with Crippen molar-refractivity contribution in [2.45, 2.75) is 18.1 Å². The molecule has 2 aromatic carbocycles. The monoisotopic (exact) mass is 437 g/mol. The predicted molar refractivity (Wildman–Crippen MR) is 106 cm³/mol. The van der Waals surface area contributed by atoms with E-state index in [9.17, 15) is 18.0 Å². The number of benzene rings is 2. The zero-order valence-corrected chi connectivity index (χ0v) is 16.7. The number of nitrogens with zero attached hydrogens (tertiary/aromatic N) is 2. The second-order valence-corrected chi connectivity index (χ2v) is 6.94. The smallest absolute Gasteiger partial charge is 0.497 e. The highest BCUT2D eigenvalue weighted by Gasteiger charge is 2.32. The number of methoxy groups -OCH3 is 1. The summed E-state index contributed by atoms with van der Waals surface area (Å²) in [5.74, 6) is 0.0939. The van der Waals surface area contributed by atoms with E-state index in [2.05, 4.69) is 15.0 Å². The van der Waals surface area contributed by atoms with Crippen LogP contribution in [0.2, 0.25) is 0 Å². The first-order valence-corrected chi connectivity index (χ1v) is 9.75. The number of amides is 1. The van der Waals surface area contributed by atoms with E-state index in [1.54, 1.807) is 25.6 Å². The number of rotatable bonds is 8. The molecule has 158 valence electrons. The van der Waals surface area contributed by atoms with Gasteiger partial charge in [0.1, 0.15) is 11.5 Å². The fourth-order valence-electron chi connectivity index (χ4n) is 2.58. The van der Waals surface area contributed by atoms with E-state index in [-0.39, 0.29) is 29.5 Å². The summed E-state index contributed by atoms with van der Waals surface area (Å²) >= 11 is 1.21. The Morgan fingerprint density at radius 3 is 2.60 bits per heavy atom.